The minimum absolute atomic E-state index is 0.0260. The van der Waals surface area contributed by atoms with Crippen LogP contribution in [0.5, 0.6) is 0 Å². The highest BCUT2D eigenvalue weighted by Gasteiger charge is 2.15. The van der Waals surface area contributed by atoms with Gasteiger partial charge in [-0.3, -0.25) is 14.9 Å². The van der Waals surface area contributed by atoms with Crippen molar-refractivity contribution in [3.05, 3.63) is 93.0 Å². The summed E-state index contributed by atoms with van der Waals surface area (Å²) < 4.78 is 7.62. The zero-order valence-corrected chi connectivity index (χ0v) is 17.2. The lowest BCUT2D eigenvalue weighted by Gasteiger charge is -2.12. The summed E-state index contributed by atoms with van der Waals surface area (Å²) in [4.78, 5) is 22.8. The van der Waals surface area contributed by atoms with Gasteiger partial charge in [-0.1, -0.05) is 18.2 Å². The van der Waals surface area contributed by atoms with Crippen LogP contribution in [-0.4, -0.2) is 21.6 Å². The molecule has 8 nitrogen and oxygen atoms in total. The van der Waals surface area contributed by atoms with Crippen molar-refractivity contribution >= 4 is 28.8 Å². The molecule has 2 aromatic heterocycles. The number of nitrogens with one attached hydrogen (secondary N) is 1. The van der Waals surface area contributed by atoms with Crippen LogP contribution in [0.1, 0.15) is 33.1 Å². The molecular weight excluding hydrogens is 396 g/mol. The Morgan fingerprint density at radius 1 is 1.13 bits per heavy atom. The van der Waals surface area contributed by atoms with Gasteiger partial charge in [0.1, 0.15) is 5.58 Å². The maximum atomic E-state index is 12.4. The van der Waals surface area contributed by atoms with Gasteiger partial charge in [0.05, 0.1) is 11.1 Å². The molecule has 0 aliphatic carbocycles. The number of hydrogen-bond donors (Lipinski definition) is 1. The number of amides is 1. The number of aromatic nitrogens is 1. The largest absolute Gasteiger partial charge is 0.451 e. The van der Waals surface area contributed by atoms with Gasteiger partial charge in [-0.15, -0.1) is 0 Å². The lowest BCUT2D eigenvalue weighted by atomic mass is 10.2. The van der Waals surface area contributed by atoms with E-state index in [1.807, 2.05) is 32.0 Å². The van der Waals surface area contributed by atoms with Gasteiger partial charge in [0.25, 0.3) is 5.69 Å². The molecule has 4 aromatic rings. The number of para-hydroxylation sites is 1. The van der Waals surface area contributed by atoms with E-state index >= 15 is 0 Å². The average molecular weight is 416 g/mol. The molecule has 0 saturated carbocycles. The fourth-order valence-electron chi connectivity index (χ4n) is 3.58. The number of carbonyl (C=O) groups is 1. The van der Waals surface area contributed by atoms with E-state index < -0.39 is 10.8 Å². The van der Waals surface area contributed by atoms with E-state index in [-0.39, 0.29) is 11.4 Å². The van der Waals surface area contributed by atoms with E-state index in [0.717, 1.165) is 28.2 Å². The predicted octanol–water partition coefficient (Wildman–Crippen LogP) is 4.82. The number of nitro groups is 1. The van der Waals surface area contributed by atoms with E-state index in [9.17, 15) is 14.9 Å². The lowest BCUT2D eigenvalue weighted by Crippen LogP contribution is -2.16. The van der Waals surface area contributed by atoms with Crippen molar-refractivity contribution in [2.75, 3.05) is 0 Å². The molecule has 156 valence electrons. The van der Waals surface area contributed by atoms with Crippen LogP contribution in [0.25, 0.3) is 16.7 Å². The zero-order chi connectivity index (χ0) is 22.1. The van der Waals surface area contributed by atoms with Gasteiger partial charge in [0.2, 0.25) is 0 Å². The Balaban J connectivity index is 1.53. The van der Waals surface area contributed by atoms with Gasteiger partial charge in [-0.2, -0.15) is 5.10 Å². The summed E-state index contributed by atoms with van der Waals surface area (Å²) in [5.74, 6) is -0.513. The summed E-state index contributed by atoms with van der Waals surface area (Å²) in [7, 11) is 0. The van der Waals surface area contributed by atoms with E-state index in [1.165, 1.54) is 24.3 Å². The molecule has 0 bridgehead atoms. The summed E-state index contributed by atoms with van der Waals surface area (Å²) >= 11 is 0. The first-order chi connectivity index (χ1) is 14.8. The Bertz CT molecular complexity index is 1350. The fraction of sp³-hybridized carbons (Fsp3) is 0.130. The first-order valence-electron chi connectivity index (χ1n) is 9.61. The Kier molecular flexibility index (Phi) is 5.12. The van der Waals surface area contributed by atoms with Gasteiger partial charge >= 0.3 is 5.91 Å². The number of hydrazone groups is 1. The number of carbonyl (C=O) groups excluding carboxylic acids is 1. The van der Waals surface area contributed by atoms with Crippen LogP contribution in [0.2, 0.25) is 0 Å². The number of nitrogens with zero attached hydrogens (tertiary/aromatic N) is 3. The van der Waals surface area contributed by atoms with Crippen LogP contribution in [-0.2, 0) is 0 Å². The van der Waals surface area contributed by atoms with Crippen LogP contribution in [0, 0.1) is 30.9 Å². The van der Waals surface area contributed by atoms with Crippen LogP contribution in [0.4, 0.5) is 5.69 Å². The van der Waals surface area contributed by atoms with Gasteiger partial charge < -0.3 is 8.98 Å². The third-order valence-corrected chi connectivity index (χ3v) is 5.13. The van der Waals surface area contributed by atoms with Gasteiger partial charge in [0, 0.05) is 40.2 Å². The Labute approximate surface area is 177 Å². The Morgan fingerprint density at radius 3 is 2.65 bits per heavy atom. The molecule has 0 aliphatic rings. The average Bonchev–Trinajstić information content (AvgIpc) is 3.29. The number of aryl methyl sites for hydroxylation is 2. The van der Waals surface area contributed by atoms with Crippen LogP contribution in [0.15, 0.2) is 64.1 Å². The second kappa shape index (κ2) is 7.91. The molecule has 1 N–H and O–H groups in total. The quantitative estimate of drug-likeness (QED) is 0.286. The van der Waals surface area contributed by atoms with Gasteiger partial charge in [0.15, 0.2) is 5.76 Å². The molecule has 0 spiro atoms. The highest BCUT2D eigenvalue weighted by atomic mass is 16.6. The number of benzene rings is 2. The number of fused-ring (bicyclic) bond motifs is 1. The molecule has 0 unspecified atom stereocenters. The van der Waals surface area contributed by atoms with Crippen molar-refractivity contribution in [1.29, 1.82) is 0 Å². The summed E-state index contributed by atoms with van der Waals surface area (Å²) in [6, 6.07) is 15.7. The van der Waals surface area contributed by atoms with Gasteiger partial charge in [-0.05, 0) is 50.6 Å². The molecule has 0 aliphatic heterocycles. The normalized spacial score (nSPS) is 11.3. The van der Waals surface area contributed by atoms with Crippen LogP contribution >= 0.6 is 0 Å². The zero-order valence-electron chi connectivity index (χ0n) is 17.2. The maximum absolute atomic E-state index is 12.4. The molecule has 0 fully saturated rings. The smallest absolute Gasteiger partial charge is 0.307 e. The number of non-ortho nitro benzene ring substituents is 1. The number of hydrogen-bond acceptors (Lipinski definition) is 5. The van der Waals surface area contributed by atoms with Gasteiger partial charge in [-0.25, -0.2) is 5.43 Å². The molecule has 0 saturated heterocycles. The molecule has 1 amide bonds. The second-order valence-corrected chi connectivity index (χ2v) is 7.24. The van der Waals surface area contributed by atoms with E-state index in [4.69, 9.17) is 4.42 Å². The Morgan fingerprint density at radius 2 is 1.90 bits per heavy atom. The van der Waals surface area contributed by atoms with Crippen molar-refractivity contribution < 1.29 is 14.1 Å². The van der Waals surface area contributed by atoms with Crippen molar-refractivity contribution in [2.24, 2.45) is 5.10 Å². The highest BCUT2D eigenvalue weighted by molar-refractivity contribution is 5.97. The molecule has 31 heavy (non-hydrogen) atoms. The van der Waals surface area contributed by atoms with Crippen molar-refractivity contribution in [1.82, 2.24) is 9.99 Å². The molecule has 0 radical (unpaired) electrons. The van der Waals surface area contributed by atoms with E-state index in [2.05, 4.69) is 34.2 Å². The molecular formula is C23H20N4O4. The van der Waals surface area contributed by atoms with Crippen LogP contribution < -0.4 is 5.43 Å². The first kappa shape index (κ1) is 20.1. The summed E-state index contributed by atoms with van der Waals surface area (Å²) in [5, 5.41) is 15.4. The number of rotatable bonds is 5. The standard InChI is InChI=1S/C23H20N4O4/c1-14-6-4-5-7-20(14)26-15(2)10-18(16(26)3)13-24-25-23(28)22-12-17-11-19(27(29)30)8-9-21(17)31-22/h4-13H,1-3H3,(H,25,28)/b24-13+. The Hall–Kier alpha value is -4.20. The molecule has 2 heterocycles. The molecule has 8 heteroatoms. The third kappa shape index (κ3) is 3.83. The van der Waals surface area contributed by atoms with Crippen LogP contribution in [0.3, 0.4) is 0 Å². The lowest BCUT2D eigenvalue weighted by molar-refractivity contribution is -0.384. The van der Waals surface area contributed by atoms with E-state index in [1.54, 1.807) is 6.21 Å². The van der Waals surface area contributed by atoms with E-state index in [0.29, 0.717) is 11.0 Å². The predicted molar refractivity (Wildman–Crippen MR) is 118 cm³/mol. The summed E-state index contributed by atoms with van der Waals surface area (Å²) in [6.45, 7) is 6.07. The highest BCUT2D eigenvalue weighted by Crippen LogP contribution is 2.24. The minimum Gasteiger partial charge on any atom is -0.451 e. The second-order valence-electron chi connectivity index (χ2n) is 7.24. The SMILES string of the molecule is Cc1ccccc1-n1c(C)cc(/C=N/NC(=O)c2cc3cc([N+](=O)[O-])ccc3o2)c1C. The maximum Gasteiger partial charge on any atom is 0.307 e. The monoisotopic (exact) mass is 416 g/mol. The third-order valence-electron chi connectivity index (χ3n) is 5.13. The van der Waals surface area contributed by atoms with Crippen molar-refractivity contribution in [2.45, 2.75) is 20.8 Å². The summed E-state index contributed by atoms with van der Waals surface area (Å²) in [5.41, 5.74) is 7.95. The fourth-order valence-corrected chi connectivity index (χ4v) is 3.58. The number of furan rings is 1. The van der Waals surface area contributed by atoms with Crippen molar-refractivity contribution in [3.63, 3.8) is 0 Å². The molecule has 0 atom stereocenters. The molecule has 4 rings (SSSR count). The summed E-state index contributed by atoms with van der Waals surface area (Å²) in [6.07, 6.45) is 1.59. The first-order valence-corrected chi connectivity index (χ1v) is 9.61. The molecule has 2 aromatic carbocycles. The topological polar surface area (TPSA) is 103 Å². The minimum atomic E-state index is -0.539. The van der Waals surface area contributed by atoms with Crippen molar-refractivity contribution in [3.8, 4) is 5.69 Å². The number of nitro benzene ring substituents is 1.